The lowest BCUT2D eigenvalue weighted by Gasteiger charge is -2.17. The van der Waals surface area contributed by atoms with Crippen LogP contribution >= 0.6 is 0 Å². The van der Waals surface area contributed by atoms with Gasteiger partial charge in [0, 0.05) is 24.9 Å². The van der Waals surface area contributed by atoms with Crippen LogP contribution in [0.1, 0.15) is 46.4 Å². The molecule has 0 aliphatic rings. The van der Waals surface area contributed by atoms with Gasteiger partial charge in [-0.2, -0.15) is 0 Å². The summed E-state index contributed by atoms with van der Waals surface area (Å²) >= 11 is 0. The third kappa shape index (κ3) is 3.87. The van der Waals surface area contributed by atoms with Gasteiger partial charge in [-0.3, -0.25) is 4.79 Å². The van der Waals surface area contributed by atoms with Gasteiger partial charge in [-0.15, -0.1) is 0 Å². The van der Waals surface area contributed by atoms with Crippen molar-refractivity contribution in [2.75, 3.05) is 6.54 Å². The standard InChI is InChI=1S/C18H27N3O/c1-5-13-21-15-10-7-6-9-14(15)20-16(21)11-8-12-19-17(22)18(2,3)4/h6-7,9-10H,5,8,11-13H2,1-4H3,(H,19,22). The summed E-state index contributed by atoms with van der Waals surface area (Å²) in [4.78, 5) is 16.6. The maximum Gasteiger partial charge on any atom is 0.225 e. The maximum absolute atomic E-state index is 11.9. The third-order valence-corrected chi connectivity index (χ3v) is 3.72. The lowest BCUT2D eigenvalue weighted by molar-refractivity contribution is -0.128. The van der Waals surface area contributed by atoms with Crippen LogP contribution in [0.4, 0.5) is 0 Å². The van der Waals surface area contributed by atoms with Crippen LogP contribution in [0, 0.1) is 5.41 Å². The Kier molecular flexibility index (Phi) is 5.22. The summed E-state index contributed by atoms with van der Waals surface area (Å²) in [6.07, 6.45) is 2.89. The molecule has 0 saturated carbocycles. The fraction of sp³-hybridized carbons (Fsp3) is 0.556. The Morgan fingerprint density at radius 3 is 2.68 bits per heavy atom. The minimum Gasteiger partial charge on any atom is -0.356 e. The van der Waals surface area contributed by atoms with E-state index in [-0.39, 0.29) is 11.3 Å². The molecule has 0 aliphatic heterocycles. The molecule has 1 aromatic carbocycles. The molecule has 22 heavy (non-hydrogen) atoms. The molecule has 120 valence electrons. The monoisotopic (exact) mass is 301 g/mol. The molecule has 0 aliphatic carbocycles. The predicted molar refractivity (Wildman–Crippen MR) is 90.8 cm³/mol. The minimum atomic E-state index is -0.324. The number of nitrogens with one attached hydrogen (secondary N) is 1. The van der Waals surface area contributed by atoms with Gasteiger partial charge in [0.25, 0.3) is 0 Å². The number of hydrogen-bond acceptors (Lipinski definition) is 2. The summed E-state index contributed by atoms with van der Waals surface area (Å²) in [6.45, 7) is 9.67. The first kappa shape index (κ1) is 16.5. The number of benzene rings is 1. The molecule has 0 unspecified atom stereocenters. The number of nitrogens with zero attached hydrogens (tertiary/aromatic N) is 2. The molecule has 4 heteroatoms. The number of imidazole rings is 1. The van der Waals surface area contributed by atoms with E-state index in [1.165, 1.54) is 5.52 Å². The van der Waals surface area contributed by atoms with Gasteiger partial charge in [0.1, 0.15) is 5.82 Å². The zero-order valence-electron chi connectivity index (χ0n) is 14.1. The van der Waals surface area contributed by atoms with Crippen molar-refractivity contribution >= 4 is 16.9 Å². The largest absolute Gasteiger partial charge is 0.356 e. The summed E-state index contributed by atoms with van der Waals surface area (Å²) < 4.78 is 2.31. The average molecular weight is 301 g/mol. The summed E-state index contributed by atoms with van der Waals surface area (Å²) in [5.41, 5.74) is 1.94. The van der Waals surface area contributed by atoms with E-state index >= 15 is 0 Å². The fourth-order valence-electron chi connectivity index (χ4n) is 2.50. The average Bonchev–Trinajstić information content (AvgIpc) is 2.81. The lowest BCUT2D eigenvalue weighted by Crippen LogP contribution is -2.35. The number of aromatic nitrogens is 2. The number of fused-ring (bicyclic) bond motifs is 1. The van der Waals surface area contributed by atoms with Crippen LogP contribution in [-0.2, 0) is 17.8 Å². The molecule has 1 aromatic heterocycles. The van der Waals surface area contributed by atoms with Crippen LogP contribution in [0.2, 0.25) is 0 Å². The fourth-order valence-corrected chi connectivity index (χ4v) is 2.50. The molecule has 0 saturated heterocycles. The van der Waals surface area contributed by atoms with Crippen LogP contribution in [-0.4, -0.2) is 22.0 Å². The van der Waals surface area contributed by atoms with Gasteiger partial charge in [-0.25, -0.2) is 4.98 Å². The number of rotatable bonds is 6. The van der Waals surface area contributed by atoms with E-state index in [1.807, 2.05) is 26.8 Å². The van der Waals surface area contributed by atoms with Crippen molar-refractivity contribution < 1.29 is 4.79 Å². The Morgan fingerprint density at radius 2 is 2.00 bits per heavy atom. The molecular weight excluding hydrogens is 274 g/mol. The van der Waals surface area contributed by atoms with Crippen molar-refractivity contribution in [3.05, 3.63) is 30.1 Å². The number of amides is 1. The molecular formula is C18H27N3O. The SMILES string of the molecule is CCCn1c(CCCNC(=O)C(C)(C)C)nc2ccccc21. The first-order chi connectivity index (χ1) is 10.4. The van der Waals surface area contributed by atoms with Crippen molar-refractivity contribution in [2.45, 2.75) is 53.5 Å². The Hall–Kier alpha value is -1.84. The highest BCUT2D eigenvalue weighted by molar-refractivity contribution is 5.81. The zero-order chi connectivity index (χ0) is 16.2. The van der Waals surface area contributed by atoms with Crippen molar-refractivity contribution in [2.24, 2.45) is 5.41 Å². The van der Waals surface area contributed by atoms with Gasteiger partial charge < -0.3 is 9.88 Å². The highest BCUT2D eigenvalue weighted by atomic mass is 16.2. The van der Waals surface area contributed by atoms with E-state index < -0.39 is 0 Å². The summed E-state index contributed by atoms with van der Waals surface area (Å²) in [5, 5.41) is 3.00. The smallest absolute Gasteiger partial charge is 0.225 e. The molecule has 2 rings (SSSR count). The molecule has 0 atom stereocenters. The zero-order valence-corrected chi connectivity index (χ0v) is 14.1. The van der Waals surface area contributed by atoms with Crippen LogP contribution < -0.4 is 5.32 Å². The predicted octanol–water partition coefficient (Wildman–Crippen LogP) is 3.54. The first-order valence-corrected chi connectivity index (χ1v) is 8.16. The van der Waals surface area contributed by atoms with Crippen LogP contribution in [0.3, 0.4) is 0 Å². The highest BCUT2D eigenvalue weighted by Gasteiger charge is 2.20. The van der Waals surface area contributed by atoms with E-state index in [4.69, 9.17) is 4.98 Å². The Labute approximate surface area is 132 Å². The molecule has 4 nitrogen and oxygen atoms in total. The van der Waals surface area contributed by atoms with E-state index in [1.54, 1.807) is 0 Å². The number of hydrogen-bond donors (Lipinski definition) is 1. The molecule has 1 amide bonds. The van der Waals surface area contributed by atoms with Gasteiger partial charge in [-0.05, 0) is 25.0 Å². The Balaban J connectivity index is 1.99. The maximum atomic E-state index is 11.9. The molecule has 0 bridgehead atoms. The number of carbonyl (C=O) groups is 1. The first-order valence-electron chi connectivity index (χ1n) is 8.16. The second-order valence-corrected chi connectivity index (χ2v) is 6.78. The normalized spacial score (nSPS) is 11.8. The Bertz CT molecular complexity index is 637. The molecule has 0 radical (unpaired) electrons. The molecule has 0 fully saturated rings. The van der Waals surface area contributed by atoms with E-state index in [0.29, 0.717) is 6.54 Å². The van der Waals surface area contributed by atoms with Gasteiger partial charge in [0.05, 0.1) is 11.0 Å². The number of aryl methyl sites for hydroxylation is 2. The van der Waals surface area contributed by atoms with Crippen molar-refractivity contribution in [1.82, 2.24) is 14.9 Å². The second-order valence-electron chi connectivity index (χ2n) is 6.78. The van der Waals surface area contributed by atoms with Crippen LogP contribution in [0.5, 0.6) is 0 Å². The van der Waals surface area contributed by atoms with E-state index in [2.05, 4.69) is 35.0 Å². The quantitative estimate of drug-likeness (QED) is 0.830. The Morgan fingerprint density at radius 1 is 1.27 bits per heavy atom. The minimum absolute atomic E-state index is 0.106. The van der Waals surface area contributed by atoms with Gasteiger partial charge >= 0.3 is 0 Å². The lowest BCUT2D eigenvalue weighted by atomic mass is 9.96. The highest BCUT2D eigenvalue weighted by Crippen LogP contribution is 2.17. The summed E-state index contributed by atoms with van der Waals surface area (Å²) in [5.74, 6) is 1.22. The molecule has 1 heterocycles. The van der Waals surface area contributed by atoms with Crippen LogP contribution in [0.15, 0.2) is 24.3 Å². The van der Waals surface area contributed by atoms with Crippen LogP contribution in [0.25, 0.3) is 11.0 Å². The van der Waals surface area contributed by atoms with Crippen molar-refractivity contribution in [3.63, 3.8) is 0 Å². The number of para-hydroxylation sites is 2. The van der Waals surface area contributed by atoms with Gasteiger partial charge in [-0.1, -0.05) is 39.8 Å². The summed E-state index contributed by atoms with van der Waals surface area (Å²) in [7, 11) is 0. The topological polar surface area (TPSA) is 46.9 Å². The van der Waals surface area contributed by atoms with Gasteiger partial charge in [0.15, 0.2) is 0 Å². The van der Waals surface area contributed by atoms with E-state index in [0.717, 1.165) is 37.1 Å². The summed E-state index contributed by atoms with van der Waals surface area (Å²) in [6, 6.07) is 8.28. The molecule has 0 spiro atoms. The molecule has 1 N–H and O–H groups in total. The van der Waals surface area contributed by atoms with Crippen molar-refractivity contribution in [1.29, 1.82) is 0 Å². The van der Waals surface area contributed by atoms with Gasteiger partial charge in [0.2, 0.25) is 5.91 Å². The third-order valence-electron chi connectivity index (χ3n) is 3.72. The van der Waals surface area contributed by atoms with Crippen molar-refractivity contribution in [3.8, 4) is 0 Å². The van der Waals surface area contributed by atoms with E-state index in [9.17, 15) is 4.79 Å². The number of carbonyl (C=O) groups excluding carboxylic acids is 1. The molecule has 2 aromatic rings. The second kappa shape index (κ2) is 6.95.